The van der Waals surface area contributed by atoms with Gasteiger partial charge < -0.3 is 10.1 Å². The zero-order valence-electron chi connectivity index (χ0n) is 12.4. The van der Waals surface area contributed by atoms with Gasteiger partial charge in [-0.25, -0.2) is 0 Å². The number of hydrogen-bond acceptors (Lipinski definition) is 2. The van der Waals surface area contributed by atoms with Gasteiger partial charge in [0.15, 0.2) is 0 Å². The second-order valence-electron chi connectivity index (χ2n) is 4.99. The first kappa shape index (κ1) is 16.4. The Hall–Kier alpha value is -2.00. The Labute approximate surface area is 136 Å². The van der Waals surface area contributed by atoms with Gasteiger partial charge in [0.2, 0.25) is 5.91 Å². The van der Waals surface area contributed by atoms with Gasteiger partial charge in [-0.3, -0.25) is 4.79 Å². The van der Waals surface area contributed by atoms with E-state index in [0.717, 1.165) is 16.9 Å². The zero-order chi connectivity index (χ0) is 15.6. The molecule has 0 saturated heterocycles. The van der Waals surface area contributed by atoms with Crippen LogP contribution in [0.15, 0.2) is 54.6 Å². The van der Waals surface area contributed by atoms with Crippen LogP contribution in [0, 0.1) is 0 Å². The van der Waals surface area contributed by atoms with Gasteiger partial charge in [-0.1, -0.05) is 42.5 Å². The van der Waals surface area contributed by atoms with Gasteiger partial charge in [0.25, 0.3) is 0 Å². The van der Waals surface area contributed by atoms with Gasteiger partial charge in [-0.2, -0.15) is 0 Å². The van der Waals surface area contributed by atoms with E-state index in [1.807, 2.05) is 54.6 Å². The van der Waals surface area contributed by atoms with Gasteiger partial charge in [0, 0.05) is 18.8 Å². The number of carbonyl (C=O) groups excluding carboxylic acids is 1. The molecule has 0 atom stereocenters. The fraction of sp³-hybridized carbons (Fsp3) is 0.278. The van der Waals surface area contributed by atoms with Gasteiger partial charge in [0.05, 0.1) is 0 Å². The third-order valence-corrected chi connectivity index (χ3v) is 3.47. The Bertz CT molecular complexity index is 569. The molecular weight excluding hydrogens is 298 g/mol. The van der Waals surface area contributed by atoms with Crippen molar-refractivity contribution in [3.63, 3.8) is 0 Å². The van der Waals surface area contributed by atoms with Crippen LogP contribution in [0.1, 0.15) is 24.0 Å². The van der Waals surface area contributed by atoms with E-state index in [1.165, 1.54) is 0 Å². The molecule has 0 aliphatic heterocycles. The number of benzene rings is 2. The molecule has 1 N–H and O–H groups in total. The number of ether oxygens (including phenoxy) is 1. The van der Waals surface area contributed by atoms with Crippen LogP contribution in [0.25, 0.3) is 0 Å². The number of nitrogens with one attached hydrogen (secondary N) is 1. The number of amides is 1. The molecule has 3 nitrogen and oxygen atoms in total. The average molecular weight is 318 g/mol. The average Bonchev–Trinajstić information content (AvgIpc) is 2.58. The SMILES string of the molecule is O=C(CCCCl)NCc1ccc(OCc2ccccc2)cc1. The van der Waals surface area contributed by atoms with E-state index < -0.39 is 0 Å². The summed E-state index contributed by atoms with van der Waals surface area (Å²) in [4.78, 5) is 11.5. The maximum atomic E-state index is 11.5. The number of carbonyl (C=O) groups is 1. The Morgan fingerprint density at radius 1 is 1.00 bits per heavy atom. The molecule has 116 valence electrons. The Balaban J connectivity index is 1.76. The number of alkyl halides is 1. The maximum Gasteiger partial charge on any atom is 0.220 e. The monoisotopic (exact) mass is 317 g/mol. The van der Waals surface area contributed by atoms with Crippen LogP contribution in [-0.4, -0.2) is 11.8 Å². The summed E-state index contributed by atoms with van der Waals surface area (Å²) in [6, 6.07) is 17.8. The zero-order valence-corrected chi connectivity index (χ0v) is 13.2. The quantitative estimate of drug-likeness (QED) is 0.750. The molecule has 0 saturated carbocycles. The summed E-state index contributed by atoms with van der Waals surface area (Å²) in [6.07, 6.45) is 1.18. The van der Waals surface area contributed by atoms with E-state index >= 15 is 0 Å². The van der Waals surface area contributed by atoms with Crippen molar-refractivity contribution in [1.29, 1.82) is 0 Å². The van der Waals surface area contributed by atoms with Crippen LogP contribution in [0.4, 0.5) is 0 Å². The van der Waals surface area contributed by atoms with E-state index in [2.05, 4.69) is 5.32 Å². The second-order valence-corrected chi connectivity index (χ2v) is 5.37. The van der Waals surface area contributed by atoms with Gasteiger partial charge in [0.1, 0.15) is 12.4 Å². The molecule has 0 heterocycles. The topological polar surface area (TPSA) is 38.3 Å². The lowest BCUT2D eigenvalue weighted by atomic mass is 10.2. The molecular formula is C18H20ClNO2. The standard InChI is InChI=1S/C18H20ClNO2/c19-12-4-7-18(21)20-13-15-8-10-17(11-9-15)22-14-16-5-2-1-3-6-16/h1-3,5-6,8-11H,4,7,12-14H2,(H,20,21). The highest BCUT2D eigenvalue weighted by atomic mass is 35.5. The van der Waals surface area contributed by atoms with E-state index in [9.17, 15) is 4.79 Å². The first-order valence-corrected chi connectivity index (χ1v) is 7.89. The maximum absolute atomic E-state index is 11.5. The molecule has 0 fully saturated rings. The minimum Gasteiger partial charge on any atom is -0.489 e. The van der Waals surface area contributed by atoms with Crippen LogP contribution < -0.4 is 10.1 Å². The molecule has 0 aromatic heterocycles. The van der Waals surface area contributed by atoms with Crippen LogP contribution in [0.2, 0.25) is 0 Å². The van der Waals surface area contributed by atoms with Crippen molar-refractivity contribution in [2.75, 3.05) is 5.88 Å². The van der Waals surface area contributed by atoms with E-state index in [4.69, 9.17) is 16.3 Å². The molecule has 2 aromatic rings. The molecule has 2 rings (SSSR count). The fourth-order valence-electron chi connectivity index (χ4n) is 1.96. The molecule has 0 unspecified atom stereocenters. The number of hydrogen-bond donors (Lipinski definition) is 1. The summed E-state index contributed by atoms with van der Waals surface area (Å²) in [5.74, 6) is 1.37. The Morgan fingerprint density at radius 2 is 1.73 bits per heavy atom. The molecule has 1 amide bonds. The van der Waals surface area contributed by atoms with E-state index in [-0.39, 0.29) is 5.91 Å². The van der Waals surface area contributed by atoms with Crippen LogP contribution in [-0.2, 0) is 17.9 Å². The van der Waals surface area contributed by atoms with Gasteiger partial charge in [-0.05, 0) is 29.7 Å². The molecule has 4 heteroatoms. The third-order valence-electron chi connectivity index (χ3n) is 3.20. The lowest BCUT2D eigenvalue weighted by Gasteiger charge is -2.08. The normalized spacial score (nSPS) is 10.2. The van der Waals surface area contributed by atoms with Crippen molar-refractivity contribution in [3.8, 4) is 5.75 Å². The van der Waals surface area contributed by atoms with E-state index in [0.29, 0.717) is 31.9 Å². The molecule has 2 aromatic carbocycles. The second kappa shape index (κ2) is 9.11. The lowest BCUT2D eigenvalue weighted by molar-refractivity contribution is -0.121. The van der Waals surface area contributed by atoms with Gasteiger partial charge in [-0.15, -0.1) is 11.6 Å². The number of halogens is 1. The van der Waals surface area contributed by atoms with Crippen molar-refractivity contribution in [2.45, 2.75) is 26.0 Å². The van der Waals surface area contributed by atoms with Crippen molar-refractivity contribution in [1.82, 2.24) is 5.32 Å². The van der Waals surface area contributed by atoms with Crippen molar-refractivity contribution in [2.24, 2.45) is 0 Å². The summed E-state index contributed by atoms with van der Waals surface area (Å²) >= 11 is 5.56. The molecule has 0 bridgehead atoms. The highest BCUT2D eigenvalue weighted by molar-refractivity contribution is 6.17. The van der Waals surface area contributed by atoms with Crippen molar-refractivity contribution in [3.05, 3.63) is 65.7 Å². The largest absolute Gasteiger partial charge is 0.489 e. The minimum absolute atomic E-state index is 0.0325. The first-order chi connectivity index (χ1) is 10.8. The smallest absolute Gasteiger partial charge is 0.220 e. The van der Waals surface area contributed by atoms with E-state index in [1.54, 1.807) is 0 Å². The molecule has 0 radical (unpaired) electrons. The predicted octanol–water partition coefficient (Wildman–Crippen LogP) is 3.90. The van der Waals surface area contributed by atoms with Crippen LogP contribution >= 0.6 is 11.6 Å². The summed E-state index contributed by atoms with van der Waals surface area (Å²) < 4.78 is 5.72. The fourth-order valence-corrected chi connectivity index (χ4v) is 2.09. The minimum atomic E-state index is 0.0325. The number of rotatable bonds is 8. The Kier molecular flexibility index (Phi) is 6.78. The summed E-state index contributed by atoms with van der Waals surface area (Å²) in [5.41, 5.74) is 2.18. The summed E-state index contributed by atoms with van der Waals surface area (Å²) in [5, 5.41) is 2.87. The van der Waals surface area contributed by atoms with Crippen LogP contribution in [0.5, 0.6) is 5.75 Å². The Morgan fingerprint density at radius 3 is 2.41 bits per heavy atom. The first-order valence-electron chi connectivity index (χ1n) is 7.36. The summed E-state index contributed by atoms with van der Waals surface area (Å²) in [7, 11) is 0. The molecule has 0 spiro atoms. The molecule has 0 aliphatic rings. The van der Waals surface area contributed by atoms with Gasteiger partial charge >= 0.3 is 0 Å². The van der Waals surface area contributed by atoms with Crippen molar-refractivity contribution >= 4 is 17.5 Å². The third kappa shape index (κ3) is 5.78. The molecule has 22 heavy (non-hydrogen) atoms. The molecule has 0 aliphatic carbocycles. The lowest BCUT2D eigenvalue weighted by Crippen LogP contribution is -2.22. The summed E-state index contributed by atoms with van der Waals surface area (Å²) in [6.45, 7) is 1.08. The highest BCUT2D eigenvalue weighted by Crippen LogP contribution is 2.14. The highest BCUT2D eigenvalue weighted by Gasteiger charge is 2.01. The van der Waals surface area contributed by atoms with Crippen LogP contribution in [0.3, 0.4) is 0 Å². The van der Waals surface area contributed by atoms with Crippen molar-refractivity contribution < 1.29 is 9.53 Å². The predicted molar refractivity (Wildman–Crippen MR) is 89.0 cm³/mol.